The standard InChI is InChI=1S/C15H22N2O3/c1-11(18)16-9-10-17-14(19)15(2,3)12-5-7-13(20-4)8-6-12/h5-8H,9-10H2,1-4H3,(H,16,18)(H,17,19). The van der Waals surface area contributed by atoms with Gasteiger partial charge in [0.15, 0.2) is 0 Å². The molecule has 5 heteroatoms. The third-order valence-electron chi connectivity index (χ3n) is 3.16. The molecule has 0 bridgehead atoms. The van der Waals surface area contributed by atoms with E-state index in [1.54, 1.807) is 7.11 Å². The van der Waals surface area contributed by atoms with Crippen LogP contribution < -0.4 is 15.4 Å². The van der Waals surface area contributed by atoms with Crippen molar-refractivity contribution in [1.29, 1.82) is 0 Å². The Morgan fingerprint density at radius 1 is 1.10 bits per heavy atom. The Hall–Kier alpha value is -2.04. The summed E-state index contributed by atoms with van der Waals surface area (Å²) >= 11 is 0. The van der Waals surface area contributed by atoms with Gasteiger partial charge in [0.1, 0.15) is 5.75 Å². The lowest BCUT2D eigenvalue weighted by Gasteiger charge is -2.24. The summed E-state index contributed by atoms with van der Waals surface area (Å²) in [6.45, 7) is 6.02. The van der Waals surface area contributed by atoms with Crippen LogP contribution in [-0.2, 0) is 15.0 Å². The van der Waals surface area contributed by atoms with Gasteiger partial charge < -0.3 is 15.4 Å². The number of methoxy groups -OCH3 is 1. The number of hydrogen-bond acceptors (Lipinski definition) is 3. The van der Waals surface area contributed by atoms with E-state index in [4.69, 9.17) is 4.74 Å². The smallest absolute Gasteiger partial charge is 0.230 e. The Labute approximate surface area is 119 Å². The Kier molecular flexibility index (Phi) is 5.55. The van der Waals surface area contributed by atoms with Crippen LogP contribution in [0.15, 0.2) is 24.3 Å². The van der Waals surface area contributed by atoms with E-state index in [1.165, 1.54) is 6.92 Å². The predicted octanol–water partition coefficient (Wildman–Crippen LogP) is 1.23. The highest BCUT2D eigenvalue weighted by molar-refractivity contribution is 5.87. The average Bonchev–Trinajstić information content (AvgIpc) is 2.43. The molecule has 2 amide bonds. The molecule has 0 saturated carbocycles. The number of nitrogens with one attached hydrogen (secondary N) is 2. The van der Waals surface area contributed by atoms with Crippen LogP contribution in [0.25, 0.3) is 0 Å². The molecular weight excluding hydrogens is 256 g/mol. The Balaban J connectivity index is 2.61. The van der Waals surface area contributed by atoms with Crippen molar-refractivity contribution in [3.8, 4) is 5.75 Å². The summed E-state index contributed by atoms with van der Waals surface area (Å²) < 4.78 is 5.10. The lowest BCUT2D eigenvalue weighted by molar-refractivity contribution is -0.126. The van der Waals surface area contributed by atoms with Crippen LogP contribution in [0.1, 0.15) is 26.3 Å². The second kappa shape index (κ2) is 6.93. The molecule has 0 radical (unpaired) electrons. The maximum absolute atomic E-state index is 12.2. The van der Waals surface area contributed by atoms with Crippen LogP contribution in [0.2, 0.25) is 0 Å². The monoisotopic (exact) mass is 278 g/mol. The van der Waals surface area contributed by atoms with Crippen molar-refractivity contribution in [1.82, 2.24) is 10.6 Å². The van der Waals surface area contributed by atoms with Crippen molar-refractivity contribution in [3.63, 3.8) is 0 Å². The fraction of sp³-hybridized carbons (Fsp3) is 0.467. The first-order valence-electron chi connectivity index (χ1n) is 6.55. The van der Waals surface area contributed by atoms with Crippen molar-refractivity contribution in [3.05, 3.63) is 29.8 Å². The highest BCUT2D eigenvalue weighted by atomic mass is 16.5. The highest BCUT2D eigenvalue weighted by Gasteiger charge is 2.29. The molecule has 0 atom stereocenters. The van der Waals surface area contributed by atoms with Crippen LogP contribution in [-0.4, -0.2) is 32.0 Å². The number of benzene rings is 1. The van der Waals surface area contributed by atoms with Crippen LogP contribution >= 0.6 is 0 Å². The summed E-state index contributed by atoms with van der Waals surface area (Å²) in [6.07, 6.45) is 0. The molecule has 0 fully saturated rings. The van der Waals surface area contributed by atoms with E-state index < -0.39 is 5.41 Å². The molecule has 0 aliphatic carbocycles. The van der Waals surface area contributed by atoms with Gasteiger partial charge in [-0.3, -0.25) is 9.59 Å². The number of hydrogen-bond donors (Lipinski definition) is 2. The zero-order valence-electron chi connectivity index (χ0n) is 12.4. The zero-order chi connectivity index (χ0) is 15.2. The molecule has 1 aromatic rings. The second-order valence-electron chi connectivity index (χ2n) is 5.09. The van der Waals surface area contributed by atoms with Gasteiger partial charge in [0, 0.05) is 20.0 Å². The quantitative estimate of drug-likeness (QED) is 0.769. The first-order valence-corrected chi connectivity index (χ1v) is 6.55. The van der Waals surface area contributed by atoms with Gasteiger partial charge in [-0.2, -0.15) is 0 Å². The molecular formula is C15H22N2O3. The first-order chi connectivity index (χ1) is 9.37. The molecule has 0 spiro atoms. The second-order valence-corrected chi connectivity index (χ2v) is 5.09. The van der Waals surface area contributed by atoms with Gasteiger partial charge in [-0.1, -0.05) is 12.1 Å². The van der Waals surface area contributed by atoms with E-state index >= 15 is 0 Å². The molecule has 0 saturated heterocycles. The molecule has 2 N–H and O–H groups in total. The molecule has 20 heavy (non-hydrogen) atoms. The fourth-order valence-electron chi connectivity index (χ4n) is 1.77. The van der Waals surface area contributed by atoms with Crippen LogP contribution in [0.5, 0.6) is 5.75 Å². The Morgan fingerprint density at radius 3 is 2.15 bits per heavy atom. The maximum Gasteiger partial charge on any atom is 0.230 e. The Bertz CT molecular complexity index is 467. The highest BCUT2D eigenvalue weighted by Crippen LogP contribution is 2.25. The predicted molar refractivity (Wildman–Crippen MR) is 77.7 cm³/mol. The molecule has 0 aromatic heterocycles. The lowest BCUT2D eigenvalue weighted by Crippen LogP contribution is -2.43. The summed E-state index contributed by atoms with van der Waals surface area (Å²) in [7, 11) is 1.61. The van der Waals surface area contributed by atoms with Crippen LogP contribution in [0, 0.1) is 0 Å². The van der Waals surface area contributed by atoms with Gasteiger partial charge in [0.2, 0.25) is 11.8 Å². The number of rotatable bonds is 6. The molecule has 0 aliphatic rings. The summed E-state index contributed by atoms with van der Waals surface area (Å²) in [5.41, 5.74) is 0.276. The van der Waals surface area contributed by atoms with E-state index in [2.05, 4.69) is 10.6 Å². The van der Waals surface area contributed by atoms with E-state index in [0.717, 1.165) is 11.3 Å². The first kappa shape index (κ1) is 16.0. The minimum atomic E-state index is -0.636. The zero-order valence-corrected chi connectivity index (χ0v) is 12.4. The molecule has 0 heterocycles. The van der Waals surface area contributed by atoms with Crippen molar-refractivity contribution in [2.75, 3.05) is 20.2 Å². The Morgan fingerprint density at radius 2 is 1.65 bits per heavy atom. The van der Waals surface area contributed by atoms with Crippen molar-refractivity contribution in [2.24, 2.45) is 0 Å². The van der Waals surface area contributed by atoms with Gasteiger partial charge in [0.25, 0.3) is 0 Å². The molecule has 1 aromatic carbocycles. The van der Waals surface area contributed by atoms with Crippen LogP contribution in [0.3, 0.4) is 0 Å². The van der Waals surface area contributed by atoms with Gasteiger partial charge in [-0.15, -0.1) is 0 Å². The molecule has 1 rings (SSSR count). The molecule has 0 unspecified atom stereocenters. The SMILES string of the molecule is COc1ccc(C(C)(C)C(=O)NCCNC(C)=O)cc1. The summed E-state index contributed by atoms with van der Waals surface area (Å²) in [4.78, 5) is 22.9. The summed E-state index contributed by atoms with van der Waals surface area (Å²) in [5.74, 6) is 0.581. The van der Waals surface area contributed by atoms with E-state index in [1.807, 2.05) is 38.1 Å². The lowest BCUT2D eigenvalue weighted by atomic mass is 9.83. The van der Waals surface area contributed by atoms with Crippen molar-refractivity contribution >= 4 is 11.8 Å². The largest absolute Gasteiger partial charge is 0.497 e. The van der Waals surface area contributed by atoms with Crippen molar-refractivity contribution in [2.45, 2.75) is 26.2 Å². The molecule has 0 aliphatic heterocycles. The topological polar surface area (TPSA) is 67.4 Å². The molecule has 5 nitrogen and oxygen atoms in total. The third-order valence-corrected chi connectivity index (χ3v) is 3.16. The van der Waals surface area contributed by atoms with E-state index in [9.17, 15) is 9.59 Å². The summed E-state index contributed by atoms with van der Waals surface area (Å²) in [6, 6.07) is 7.43. The fourth-order valence-corrected chi connectivity index (χ4v) is 1.77. The maximum atomic E-state index is 12.2. The minimum Gasteiger partial charge on any atom is -0.497 e. The number of carbonyl (C=O) groups is 2. The van der Waals surface area contributed by atoms with Gasteiger partial charge in [0.05, 0.1) is 12.5 Å². The van der Waals surface area contributed by atoms with Gasteiger partial charge in [-0.25, -0.2) is 0 Å². The summed E-state index contributed by atoms with van der Waals surface area (Å²) in [5, 5.41) is 5.46. The van der Waals surface area contributed by atoms with E-state index in [-0.39, 0.29) is 11.8 Å². The molecule has 110 valence electrons. The minimum absolute atomic E-state index is 0.0759. The van der Waals surface area contributed by atoms with Crippen molar-refractivity contribution < 1.29 is 14.3 Å². The third kappa shape index (κ3) is 4.26. The normalized spacial score (nSPS) is 10.8. The van der Waals surface area contributed by atoms with Crippen LogP contribution in [0.4, 0.5) is 0 Å². The number of carbonyl (C=O) groups excluding carboxylic acids is 2. The number of ether oxygens (including phenoxy) is 1. The van der Waals surface area contributed by atoms with Gasteiger partial charge in [-0.05, 0) is 31.5 Å². The number of amides is 2. The van der Waals surface area contributed by atoms with E-state index in [0.29, 0.717) is 13.1 Å². The van der Waals surface area contributed by atoms with Gasteiger partial charge >= 0.3 is 0 Å². The average molecular weight is 278 g/mol.